The lowest BCUT2D eigenvalue weighted by atomic mass is 10.2. The lowest BCUT2D eigenvalue weighted by Crippen LogP contribution is -2.15. The van der Waals surface area contributed by atoms with Gasteiger partial charge in [-0.25, -0.2) is 4.79 Å². The summed E-state index contributed by atoms with van der Waals surface area (Å²) in [6, 6.07) is 3.06. The molecule has 0 aliphatic carbocycles. The molecular formula is C13H16O6. The molecule has 1 aromatic carbocycles. The van der Waals surface area contributed by atoms with Gasteiger partial charge in [-0.05, 0) is 13.0 Å². The molecule has 0 bridgehead atoms. The van der Waals surface area contributed by atoms with E-state index in [2.05, 4.69) is 0 Å². The highest BCUT2D eigenvalue weighted by Gasteiger charge is 2.15. The molecule has 0 amide bonds. The highest BCUT2D eigenvalue weighted by Crippen LogP contribution is 2.34. The van der Waals surface area contributed by atoms with E-state index in [9.17, 15) is 9.59 Å². The third kappa shape index (κ3) is 3.87. The van der Waals surface area contributed by atoms with Gasteiger partial charge in [0, 0.05) is 6.07 Å². The monoisotopic (exact) mass is 268 g/mol. The third-order valence-electron chi connectivity index (χ3n) is 2.28. The number of rotatable bonds is 7. The number of aldehydes is 1. The summed E-state index contributed by atoms with van der Waals surface area (Å²) in [5, 5.41) is 0. The van der Waals surface area contributed by atoms with Crippen molar-refractivity contribution in [3.63, 3.8) is 0 Å². The summed E-state index contributed by atoms with van der Waals surface area (Å²) in [4.78, 5) is 22.3. The first-order valence-electron chi connectivity index (χ1n) is 5.65. The lowest BCUT2D eigenvalue weighted by Gasteiger charge is -2.13. The predicted molar refractivity (Wildman–Crippen MR) is 67.1 cm³/mol. The number of carbonyl (C=O) groups excluding carboxylic acids is 2. The van der Waals surface area contributed by atoms with Crippen molar-refractivity contribution in [2.75, 3.05) is 27.4 Å². The normalized spacial score (nSPS) is 9.63. The van der Waals surface area contributed by atoms with Crippen LogP contribution in [0.2, 0.25) is 0 Å². The van der Waals surface area contributed by atoms with Gasteiger partial charge in [-0.15, -0.1) is 0 Å². The summed E-state index contributed by atoms with van der Waals surface area (Å²) in [7, 11) is 2.91. The van der Waals surface area contributed by atoms with E-state index in [0.717, 1.165) is 0 Å². The van der Waals surface area contributed by atoms with Crippen LogP contribution in [-0.2, 0) is 9.53 Å². The summed E-state index contributed by atoms with van der Waals surface area (Å²) in [6.07, 6.45) is 0.603. The standard InChI is InChI=1S/C13H16O6/c1-4-18-12(15)8-19-13-9(7-14)5-10(16-2)6-11(13)17-3/h5-7H,4,8H2,1-3H3. The van der Waals surface area contributed by atoms with Crippen LogP contribution in [0.25, 0.3) is 0 Å². The fourth-order valence-electron chi connectivity index (χ4n) is 1.44. The lowest BCUT2D eigenvalue weighted by molar-refractivity contribution is -0.145. The maximum absolute atomic E-state index is 11.2. The molecule has 6 nitrogen and oxygen atoms in total. The second kappa shape index (κ2) is 7.25. The van der Waals surface area contributed by atoms with E-state index in [1.807, 2.05) is 0 Å². The molecule has 6 heteroatoms. The molecule has 1 aromatic rings. The molecule has 0 aromatic heterocycles. The zero-order valence-corrected chi connectivity index (χ0v) is 11.1. The van der Waals surface area contributed by atoms with Gasteiger partial charge in [-0.1, -0.05) is 0 Å². The Labute approximate surface area is 111 Å². The van der Waals surface area contributed by atoms with Crippen LogP contribution in [0.1, 0.15) is 17.3 Å². The van der Waals surface area contributed by atoms with Gasteiger partial charge < -0.3 is 18.9 Å². The number of hydrogen-bond donors (Lipinski definition) is 0. The highest BCUT2D eigenvalue weighted by atomic mass is 16.6. The van der Waals surface area contributed by atoms with E-state index in [0.29, 0.717) is 17.8 Å². The Morgan fingerprint density at radius 2 is 2.00 bits per heavy atom. The predicted octanol–water partition coefficient (Wildman–Crippen LogP) is 1.46. The maximum atomic E-state index is 11.2. The largest absolute Gasteiger partial charge is 0.497 e. The number of methoxy groups -OCH3 is 2. The van der Waals surface area contributed by atoms with Gasteiger partial charge in [0.1, 0.15) is 5.75 Å². The van der Waals surface area contributed by atoms with E-state index < -0.39 is 5.97 Å². The summed E-state index contributed by atoms with van der Waals surface area (Å²) < 4.78 is 20.2. The Morgan fingerprint density at radius 1 is 1.26 bits per heavy atom. The molecule has 1 rings (SSSR count). The molecule has 0 saturated heterocycles. The van der Waals surface area contributed by atoms with Crippen molar-refractivity contribution in [2.45, 2.75) is 6.92 Å². The van der Waals surface area contributed by atoms with Crippen LogP contribution in [0.5, 0.6) is 17.2 Å². The molecule has 0 aliphatic rings. The molecule has 0 saturated carbocycles. The van der Waals surface area contributed by atoms with Crippen molar-refractivity contribution in [1.29, 1.82) is 0 Å². The van der Waals surface area contributed by atoms with Crippen molar-refractivity contribution < 1.29 is 28.5 Å². The van der Waals surface area contributed by atoms with Gasteiger partial charge >= 0.3 is 5.97 Å². The number of benzene rings is 1. The van der Waals surface area contributed by atoms with Crippen LogP contribution in [0.15, 0.2) is 12.1 Å². The fourth-order valence-corrected chi connectivity index (χ4v) is 1.44. The van der Waals surface area contributed by atoms with Crippen LogP contribution in [-0.4, -0.2) is 39.7 Å². The van der Waals surface area contributed by atoms with Crippen molar-refractivity contribution in [3.8, 4) is 17.2 Å². The molecule has 0 spiro atoms. The highest BCUT2D eigenvalue weighted by molar-refractivity contribution is 5.83. The van der Waals surface area contributed by atoms with Crippen molar-refractivity contribution in [1.82, 2.24) is 0 Å². The zero-order valence-electron chi connectivity index (χ0n) is 11.1. The Balaban J connectivity index is 2.97. The van der Waals surface area contributed by atoms with Crippen molar-refractivity contribution in [3.05, 3.63) is 17.7 Å². The molecular weight excluding hydrogens is 252 g/mol. The van der Waals surface area contributed by atoms with Gasteiger partial charge in [0.25, 0.3) is 0 Å². The number of esters is 1. The van der Waals surface area contributed by atoms with Crippen LogP contribution < -0.4 is 14.2 Å². The molecule has 0 unspecified atom stereocenters. The van der Waals surface area contributed by atoms with Crippen LogP contribution >= 0.6 is 0 Å². The van der Waals surface area contributed by atoms with E-state index >= 15 is 0 Å². The molecule has 0 radical (unpaired) electrons. The Hall–Kier alpha value is -2.24. The Morgan fingerprint density at radius 3 is 2.53 bits per heavy atom. The minimum atomic E-state index is -0.516. The van der Waals surface area contributed by atoms with Crippen LogP contribution in [0.4, 0.5) is 0 Å². The van der Waals surface area contributed by atoms with E-state index in [-0.39, 0.29) is 24.5 Å². The van der Waals surface area contributed by atoms with E-state index in [1.54, 1.807) is 13.0 Å². The maximum Gasteiger partial charge on any atom is 0.344 e. The molecule has 19 heavy (non-hydrogen) atoms. The molecule has 0 fully saturated rings. The smallest absolute Gasteiger partial charge is 0.344 e. The molecule has 104 valence electrons. The number of ether oxygens (including phenoxy) is 4. The van der Waals surface area contributed by atoms with Gasteiger partial charge in [-0.3, -0.25) is 4.79 Å². The Kier molecular flexibility index (Phi) is 5.66. The van der Waals surface area contributed by atoms with Gasteiger partial charge in [-0.2, -0.15) is 0 Å². The van der Waals surface area contributed by atoms with Crippen molar-refractivity contribution in [2.24, 2.45) is 0 Å². The average molecular weight is 268 g/mol. The second-order valence-electron chi connectivity index (χ2n) is 3.46. The average Bonchev–Trinajstić information content (AvgIpc) is 2.44. The third-order valence-corrected chi connectivity index (χ3v) is 2.28. The zero-order chi connectivity index (χ0) is 14.3. The first kappa shape index (κ1) is 14.8. The Bertz CT molecular complexity index is 455. The molecule has 0 N–H and O–H groups in total. The first-order valence-corrected chi connectivity index (χ1v) is 5.65. The number of hydrogen-bond acceptors (Lipinski definition) is 6. The molecule has 0 aliphatic heterocycles. The summed E-state index contributed by atoms with van der Waals surface area (Å²) >= 11 is 0. The van der Waals surface area contributed by atoms with E-state index in [4.69, 9.17) is 18.9 Å². The van der Waals surface area contributed by atoms with Crippen LogP contribution in [0, 0.1) is 0 Å². The van der Waals surface area contributed by atoms with Crippen LogP contribution in [0.3, 0.4) is 0 Å². The van der Waals surface area contributed by atoms with Crippen molar-refractivity contribution >= 4 is 12.3 Å². The minimum Gasteiger partial charge on any atom is -0.497 e. The SMILES string of the molecule is CCOC(=O)COc1c(C=O)cc(OC)cc1OC. The first-order chi connectivity index (χ1) is 9.15. The van der Waals surface area contributed by atoms with Gasteiger partial charge in [0.05, 0.1) is 26.4 Å². The molecule has 0 heterocycles. The summed E-state index contributed by atoms with van der Waals surface area (Å²) in [5.41, 5.74) is 0.237. The topological polar surface area (TPSA) is 71.1 Å². The quantitative estimate of drug-likeness (QED) is 0.550. The van der Waals surface area contributed by atoms with Gasteiger partial charge in [0.15, 0.2) is 24.4 Å². The summed E-state index contributed by atoms with van der Waals surface area (Å²) in [6.45, 7) is 1.67. The molecule has 0 atom stereocenters. The minimum absolute atomic E-state index is 0.186. The summed E-state index contributed by atoms with van der Waals surface area (Å²) in [5.74, 6) is 0.441. The van der Waals surface area contributed by atoms with Gasteiger partial charge in [0.2, 0.25) is 0 Å². The van der Waals surface area contributed by atoms with E-state index in [1.165, 1.54) is 20.3 Å². The number of carbonyl (C=O) groups is 2. The second-order valence-corrected chi connectivity index (χ2v) is 3.46. The fraction of sp³-hybridized carbons (Fsp3) is 0.385.